The summed E-state index contributed by atoms with van der Waals surface area (Å²) in [5.74, 6) is 0.847. The lowest BCUT2D eigenvalue weighted by atomic mass is 10.1. The zero-order valence-corrected chi connectivity index (χ0v) is 12.8. The molecule has 4 aromatic rings. The molecule has 0 radical (unpaired) electrons. The predicted molar refractivity (Wildman–Crippen MR) is 93.1 cm³/mol. The second-order valence-electron chi connectivity index (χ2n) is 5.35. The molecule has 2 heterocycles. The van der Waals surface area contributed by atoms with Crippen molar-refractivity contribution >= 4 is 11.0 Å². The van der Waals surface area contributed by atoms with Gasteiger partial charge in [-0.1, -0.05) is 30.3 Å². The predicted octanol–water partition coefficient (Wildman–Crippen LogP) is 4.70. The van der Waals surface area contributed by atoms with Crippen LogP contribution in [0, 0.1) is 0 Å². The topological polar surface area (TPSA) is 27.1 Å². The molecule has 0 aliphatic rings. The largest absolute Gasteiger partial charge is 0.497 e. The number of hydrogen-bond acceptors (Lipinski definition) is 2. The Hall–Kier alpha value is -3.07. The van der Waals surface area contributed by atoms with E-state index in [0.717, 1.165) is 28.2 Å². The Morgan fingerprint density at radius 1 is 0.870 bits per heavy atom. The van der Waals surface area contributed by atoms with E-state index in [-0.39, 0.29) is 0 Å². The number of ether oxygens (including phenoxy) is 1. The molecule has 23 heavy (non-hydrogen) atoms. The molecule has 2 aromatic heterocycles. The van der Waals surface area contributed by atoms with E-state index in [1.165, 1.54) is 5.56 Å². The molecule has 0 fully saturated rings. The summed E-state index contributed by atoms with van der Waals surface area (Å²) in [4.78, 5) is 4.58. The number of methoxy groups -OCH3 is 1. The normalized spacial score (nSPS) is 10.8. The van der Waals surface area contributed by atoms with Gasteiger partial charge in [-0.2, -0.15) is 0 Å². The first-order chi connectivity index (χ1) is 11.4. The van der Waals surface area contributed by atoms with Crippen molar-refractivity contribution < 1.29 is 4.74 Å². The Bertz CT molecular complexity index is 940. The first-order valence-electron chi connectivity index (χ1n) is 7.53. The van der Waals surface area contributed by atoms with Crippen molar-refractivity contribution in [3.8, 4) is 22.7 Å². The van der Waals surface area contributed by atoms with Crippen LogP contribution in [0.4, 0.5) is 0 Å². The lowest BCUT2D eigenvalue weighted by Crippen LogP contribution is -1.98. The highest BCUT2D eigenvalue weighted by atomic mass is 16.5. The van der Waals surface area contributed by atoms with Crippen molar-refractivity contribution in [2.45, 2.75) is 0 Å². The van der Waals surface area contributed by atoms with E-state index < -0.39 is 0 Å². The lowest BCUT2D eigenvalue weighted by Gasteiger charge is -2.11. The molecular formula is C20H16N2O. The molecule has 0 aliphatic carbocycles. The average molecular weight is 300 g/mol. The smallest absolute Gasteiger partial charge is 0.144 e. The van der Waals surface area contributed by atoms with Gasteiger partial charge >= 0.3 is 0 Å². The van der Waals surface area contributed by atoms with Gasteiger partial charge in [-0.3, -0.25) is 4.57 Å². The number of pyridine rings is 1. The maximum atomic E-state index is 5.26. The second kappa shape index (κ2) is 5.61. The molecule has 0 saturated carbocycles. The van der Waals surface area contributed by atoms with E-state index in [1.54, 1.807) is 7.11 Å². The molecule has 0 spiro atoms. The SMILES string of the molecule is COc1ccc(-n2c(-c3ccccc3)cc3cccnc32)cc1. The number of benzene rings is 2. The molecule has 0 atom stereocenters. The van der Waals surface area contributed by atoms with Crippen LogP contribution in [-0.2, 0) is 0 Å². The van der Waals surface area contributed by atoms with Crippen molar-refractivity contribution in [1.29, 1.82) is 0 Å². The minimum absolute atomic E-state index is 0.847. The van der Waals surface area contributed by atoms with Crippen LogP contribution in [0.1, 0.15) is 0 Å². The summed E-state index contributed by atoms with van der Waals surface area (Å²) >= 11 is 0. The Morgan fingerprint density at radius 3 is 2.39 bits per heavy atom. The molecule has 0 amide bonds. The molecule has 112 valence electrons. The molecule has 0 bridgehead atoms. The zero-order valence-electron chi connectivity index (χ0n) is 12.8. The molecular weight excluding hydrogens is 284 g/mol. The van der Waals surface area contributed by atoms with Crippen LogP contribution in [0.25, 0.3) is 28.0 Å². The third kappa shape index (κ3) is 2.36. The van der Waals surface area contributed by atoms with Crippen LogP contribution >= 0.6 is 0 Å². The highest BCUT2D eigenvalue weighted by Gasteiger charge is 2.13. The van der Waals surface area contributed by atoms with Crippen LogP contribution in [0.5, 0.6) is 5.75 Å². The molecule has 4 rings (SSSR count). The quantitative estimate of drug-likeness (QED) is 0.548. The Balaban J connectivity index is 1.99. The van der Waals surface area contributed by atoms with E-state index >= 15 is 0 Å². The van der Waals surface area contributed by atoms with Crippen molar-refractivity contribution in [1.82, 2.24) is 9.55 Å². The molecule has 0 aliphatic heterocycles. The van der Waals surface area contributed by atoms with E-state index in [0.29, 0.717) is 0 Å². The number of rotatable bonds is 3. The lowest BCUT2D eigenvalue weighted by molar-refractivity contribution is 0.415. The monoisotopic (exact) mass is 300 g/mol. The molecule has 3 nitrogen and oxygen atoms in total. The second-order valence-corrected chi connectivity index (χ2v) is 5.35. The van der Waals surface area contributed by atoms with Crippen LogP contribution in [0.3, 0.4) is 0 Å². The fourth-order valence-electron chi connectivity index (χ4n) is 2.85. The summed E-state index contributed by atoms with van der Waals surface area (Å²) < 4.78 is 7.45. The van der Waals surface area contributed by atoms with E-state index in [2.05, 4.69) is 58.1 Å². The van der Waals surface area contributed by atoms with E-state index in [1.807, 2.05) is 30.5 Å². The van der Waals surface area contributed by atoms with Crippen molar-refractivity contribution in [2.75, 3.05) is 7.11 Å². The van der Waals surface area contributed by atoms with Crippen LogP contribution in [-0.4, -0.2) is 16.7 Å². The van der Waals surface area contributed by atoms with Gasteiger partial charge in [0.25, 0.3) is 0 Å². The molecule has 2 aromatic carbocycles. The van der Waals surface area contributed by atoms with Crippen LogP contribution in [0.15, 0.2) is 79.0 Å². The van der Waals surface area contributed by atoms with Crippen molar-refractivity contribution in [2.24, 2.45) is 0 Å². The number of hydrogen-bond donors (Lipinski definition) is 0. The summed E-state index contributed by atoms with van der Waals surface area (Å²) in [6.07, 6.45) is 1.83. The standard InChI is InChI=1S/C20H16N2O/c1-23-18-11-9-17(10-12-18)22-19(15-6-3-2-4-7-15)14-16-8-5-13-21-20(16)22/h2-14H,1H3. The Kier molecular flexibility index (Phi) is 3.31. The summed E-state index contributed by atoms with van der Waals surface area (Å²) in [6, 6.07) is 24.7. The highest BCUT2D eigenvalue weighted by molar-refractivity contribution is 5.86. The highest BCUT2D eigenvalue weighted by Crippen LogP contribution is 2.30. The van der Waals surface area contributed by atoms with Gasteiger partial charge in [0.05, 0.1) is 12.8 Å². The maximum absolute atomic E-state index is 5.26. The summed E-state index contributed by atoms with van der Waals surface area (Å²) in [5, 5.41) is 1.13. The first kappa shape index (κ1) is 13.6. The maximum Gasteiger partial charge on any atom is 0.144 e. The first-order valence-corrected chi connectivity index (χ1v) is 7.53. The van der Waals surface area contributed by atoms with Gasteiger partial charge in [-0.05, 0) is 48.0 Å². The van der Waals surface area contributed by atoms with Crippen molar-refractivity contribution in [3.63, 3.8) is 0 Å². The third-order valence-corrected chi connectivity index (χ3v) is 3.96. The van der Waals surface area contributed by atoms with Gasteiger partial charge in [0.2, 0.25) is 0 Å². The summed E-state index contributed by atoms with van der Waals surface area (Å²) in [6.45, 7) is 0. The molecule has 0 N–H and O–H groups in total. The van der Waals surface area contributed by atoms with Gasteiger partial charge in [-0.25, -0.2) is 4.98 Å². The van der Waals surface area contributed by atoms with Crippen LogP contribution < -0.4 is 4.74 Å². The Morgan fingerprint density at radius 2 is 1.65 bits per heavy atom. The van der Waals surface area contributed by atoms with Gasteiger partial charge in [0.1, 0.15) is 11.4 Å². The molecule has 0 unspecified atom stereocenters. The van der Waals surface area contributed by atoms with Gasteiger partial charge in [0.15, 0.2) is 0 Å². The average Bonchev–Trinajstić information content (AvgIpc) is 3.02. The van der Waals surface area contributed by atoms with Crippen molar-refractivity contribution in [3.05, 3.63) is 79.0 Å². The van der Waals surface area contributed by atoms with E-state index in [9.17, 15) is 0 Å². The summed E-state index contributed by atoms with van der Waals surface area (Å²) in [7, 11) is 1.68. The van der Waals surface area contributed by atoms with Gasteiger partial charge in [-0.15, -0.1) is 0 Å². The van der Waals surface area contributed by atoms with Gasteiger partial charge in [0, 0.05) is 17.3 Å². The van der Waals surface area contributed by atoms with Crippen LogP contribution in [0.2, 0.25) is 0 Å². The Labute approximate surface area is 134 Å². The fourth-order valence-corrected chi connectivity index (χ4v) is 2.85. The number of nitrogens with zero attached hydrogens (tertiary/aromatic N) is 2. The fraction of sp³-hybridized carbons (Fsp3) is 0.0500. The molecule has 3 heteroatoms. The van der Waals surface area contributed by atoms with Gasteiger partial charge < -0.3 is 4.74 Å². The van der Waals surface area contributed by atoms with E-state index in [4.69, 9.17) is 4.74 Å². The minimum atomic E-state index is 0.847. The molecule has 0 saturated heterocycles. The number of aromatic nitrogens is 2. The zero-order chi connectivity index (χ0) is 15.6. The minimum Gasteiger partial charge on any atom is -0.497 e. The summed E-state index contributed by atoms with van der Waals surface area (Å²) in [5.41, 5.74) is 4.32. The number of fused-ring (bicyclic) bond motifs is 1. The third-order valence-electron chi connectivity index (χ3n) is 3.96.